The van der Waals surface area contributed by atoms with E-state index in [1.54, 1.807) is 0 Å². The van der Waals surface area contributed by atoms with E-state index >= 15 is 0 Å². The summed E-state index contributed by atoms with van der Waals surface area (Å²) in [7, 11) is 0. The van der Waals surface area contributed by atoms with Crippen molar-refractivity contribution in [3.63, 3.8) is 0 Å². The number of benzene rings is 1. The van der Waals surface area contributed by atoms with Gasteiger partial charge in [-0.3, -0.25) is 14.9 Å². The average Bonchev–Trinajstić information content (AvgIpc) is 2.75. The summed E-state index contributed by atoms with van der Waals surface area (Å²) in [5, 5.41) is 6.81. The number of halogens is 1. The van der Waals surface area contributed by atoms with Crippen LogP contribution in [0, 0.1) is 6.92 Å². The molecule has 6 nitrogen and oxygen atoms in total. The highest BCUT2D eigenvalue weighted by molar-refractivity contribution is 14.0. The van der Waals surface area contributed by atoms with Crippen LogP contribution in [0.4, 0.5) is 0 Å². The van der Waals surface area contributed by atoms with E-state index < -0.39 is 0 Å². The molecule has 0 spiro atoms. The van der Waals surface area contributed by atoms with E-state index in [0.29, 0.717) is 6.54 Å². The van der Waals surface area contributed by atoms with Gasteiger partial charge in [0.05, 0.1) is 25.8 Å². The van der Waals surface area contributed by atoms with Gasteiger partial charge in [-0.15, -0.1) is 24.0 Å². The Labute approximate surface area is 197 Å². The molecule has 0 saturated carbocycles. The highest BCUT2D eigenvalue weighted by Crippen LogP contribution is 2.23. The predicted octanol–water partition coefficient (Wildman–Crippen LogP) is 3.18. The number of ether oxygens (including phenoxy) is 1. The molecule has 164 valence electrons. The first kappa shape index (κ1) is 24.6. The second-order valence-electron chi connectivity index (χ2n) is 7.30. The Morgan fingerprint density at radius 3 is 2.70 bits per heavy atom. The quantitative estimate of drug-likeness (QED) is 0.316. The molecule has 0 bridgehead atoms. The maximum absolute atomic E-state index is 5.56. The summed E-state index contributed by atoms with van der Waals surface area (Å²) in [5.41, 5.74) is 3.69. The highest BCUT2D eigenvalue weighted by Gasteiger charge is 2.22. The van der Waals surface area contributed by atoms with Crippen LogP contribution < -0.4 is 10.6 Å². The van der Waals surface area contributed by atoms with Crippen LogP contribution in [0.5, 0.6) is 0 Å². The van der Waals surface area contributed by atoms with Crippen LogP contribution in [0.3, 0.4) is 0 Å². The monoisotopic (exact) mass is 523 g/mol. The number of guanidine groups is 1. The van der Waals surface area contributed by atoms with Crippen molar-refractivity contribution in [3.8, 4) is 0 Å². The molecule has 0 aliphatic carbocycles. The van der Waals surface area contributed by atoms with E-state index in [2.05, 4.69) is 64.7 Å². The summed E-state index contributed by atoms with van der Waals surface area (Å²) in [6.45, 7) is 10.0. The number of aryl methyl sites for hydroxylation is 1. The van der Waals surface area contributed by atoms with Crippen LogP contribution in [-0.2, 0) is 11.2 Å². The number of nitrogens with one attached hydrogen (secondary N) is 2. The average molecular weight is 523 g/mol. The number of aromatic nitrogens is 1. The van der Waals surface area contributed by atoms with Crippen molar-refractivity contribution >= 4 is 29.9 Å². The van der Waals surface area contributed by atoms with E-state index in [4.69, 9.17) is 9.73 Å². The summed E-state index contributed by atoms with van der Waals surface area (Å²) in [4.78, 5) is 11.8. The van der Waals surface area contributed by atoms with Gasteiger partial charge < -0.3 is 15.4 Å². The van der Waals surface area contributed by atoms with Gasteiger partial charge in [-0.05, 0) is 31.5 Å². The van der Waals surface area contributed by atoms with Crippen molar-refractivity contribution < 1.29 is 4.74 Å². The van der Waals surface area contributed by atoms with Crippen LogP contribution in [0.2, 0.25) is 0 Å². The first-order chi connectivity index (χ1) is 14.3. The molecule has 0 amide bonds. The number of morpholine rings is 1. The summed E-state index contributed by atoms with van der Waals surface area (Å²) in [5.74, 6) is 0.856. The molecule has 2 aromatic rings. The molecule has 30 heavy (non-hydrogen) atoms. The molecule has 2 heterocycles. The van der Waals surface area contributed by atoms with Crippen LogP contribution >= 0.6 is 24.0 Å². The van der Waals surface area contributed by atoms with E-state index in [9.17, 15) is 0 Å². The molecule has 1 aliphatic rings. The zero-order valence-electron chi connectivity index (χ0n) is 18.0. The number of hydrogen-bond acceptors (Lipinski definition) is 4. The third-order valence-electron chi connectivity index (χ3n) is 5.08. The number of aliphatic imine (C=N–C) groups is 1. The summed E-state index contributed by atoms with van der Waals surface area (Å²) >= 11 is 0. The van der Waals surface area contributed by atoms with E-state index in [0.717, 1.165) is 57.5 Å². The lowest BCUT2D eigenvalue weighted by Gasteiger charge is -2.34. The molecule has 1 aromatic carbocycles. The number of rotatable bonds is 8. The summed E-state index contributed by atoms with van der Waals surface area (Å²) < 4.78 is 5.56. The molecular weight excluding hydrogens is 489 g/mol. The van der Waals surface area contributed by atoms with Crippen molar-refractivity contribution in [2.75, 3.05) is 45.9 Å². The summed E-state index contributed by atoms with van der Waals surface area (Å²) in [6, 6.07) is 15.0. The fourth-order valence-electron chi connectivity index (χ4n) is 3.57. The second-order valence-corrected chi connectivity index (χ2v) is 7.30. The van der Waals surface area contributed by atoms with Gasteiger partial charge in [-0.2, -0.15) is 0 Å². The van der Waals surface area contributed by atoms with E-state index in [1.165, 1.54) is 11.1 Å². The molecule has 1 unspecified atom stereocenters. The number of hydrogen-bond donors (Lipinski definition) is 2. The Morgan fingerprint density at radius 1 is 1.17 bits per heavy atom. The van der Waals surface area contributed by atoms with Gasteiger partial charge in [0.1, 0.15) is 0 Å². The fraction of sp³-hybridized carbons (Fsp3) is 0.478. The van der Waals surface area contributed by atoms with Crippen LogP contribution in [0.25, 0.3) is 0 Å². The van der Waals surface area contributed by atoms with Gasteiger partial charge in [0.15, 0.2) is 5.96 Å². The normalized spacial score (nSPS) is 15.9. The third-order valence-corrected chi connectivity index (χ3v) is 5.08. The van der Waals surface area contributed by atoms with Gasteiger partial charge in [0.25, 0.3) is 0 Å². The van der Waals surface area contributed by atoms with Crippen LogP contribution in [0.15, 0.2) is 53.7 Å². The fourth-order valence-corrected chi connectivity index (χ4v) is 3.57. The molecule has 1 aromatic heterocycles. The zero-order chi connectivity index (χ0) is 20.3. The van der Waals surface area contributed by atoms with Gasteiger partial charge >= 0.3 is 0 Å². The van der Waals surface area contributed by atoms with Gasteiger partial charge in [0, 0.05) is 44.5 Å². The van der Waals surface area contributed by atoms with Crippen molar-refractivity contribution in [1.82, 2.24) is 20.5 Å². The second kappa shape index (κ2) is 13.6. The molecule has 0 radical (unpaired) electrons. The Hall–Kier alpha value is -1.71. The van der Waals surface area contributed by atoms with E-state index in [1.807, 2.05) is 18.3 Å². The van der Waals surface area contributed by atoms with Crippen molar-refractivity contribution in [1.29, 1.82) is 0 Å². The van der Waals surface area contributed by atoms with Crippen LogP contribution in [-0.4, -0.2) is 61.8 Å². The van der Waals surface area contributed by atoms with Crippen molar-refractivity contribution in [3.05, 3.63) is 65.5 Å². The standard InChI is InChI=1S/C23H33N5O.HI/c1-3-24-23(26-12-10-21-9-4-5-11-25-21)27-18-22(28-13-15-29-16-14-28)20-8-6-7-19(2)17-20;/h4-9,11,17,22H,3,10,12-16,18H2,1-2H3,(H2,24,26,27);1H. The highest BCUT2D eigenvalue weighted by atomic mass is 127. The molecule has 3 rings (SSSR count). The smallest absolute Gasteiger partial charge is 0.191 e. The molecule has 2 N–H and O–H groups in total. The first-order valence-electron chi connectivity index (χ1n) is 10.6. The number of nitrogens with zero attached hydrogens (tertiary/aromatic N) is 3. The Kier molecular flexibility index (Phi) is 11.1. The first-order valence-corrected chi connectivity index (χ1v) is 10.6. The van der Waals surface area contributed by atoms with Gasteiger partial charge in [-0.1, -0.05) is 35.9 Å². The SMILES string of the molecule is CCNC(=NCC(c1cccc(C)c1)N1CCOCC1)NCCc1ccccn1.I. The predicted molar refractivity (Wildman–Crippen MR) is 134 cm³/mol. The summed E-state index contributed by atoms with van der Waals surface area (Å²) in [6.07, 6.45) is 2.71. The zero-order valence-corrected chi connectivity index (χ0v) is 20.3. The molecule has 1 fully saturated rings. The molecule has 7 heteroatoms. The minimum Gasteiger partial charge on any atom is -0.379 e. The maximum Gasteiger partial charge on any atom is 0.191 e. The minimum atomic E-state index is 0. The van der Waals surface area contributed by atoms with Gasteiger partial charge in [-0.25, -0.2) is 0 Å². The van der Waals surface area contributed by atoms with Crippen LogP contribution in [0.1, 0.15) is 29.8 Å². The molecule has 1 aliphatic heterocycles. The lowest BCUT2D eigenvalue weighted by Crippen LogP contribution is -2.42. The van der Waals surface area contributed by atoms with Crippen molar-refractivity contribution in [2.45, 2.75) is 26.3 Å². The minimum absolute atomic E-state index is 0. The van der Waals surface area contributed by atoms with Crippen molar-refractivity contribution in [2.24, 2.45) is 4.99 Å². The third kappa shape index (κ3) is 7.85. The van der Waals surface area contributed by atoms with Gasteiger partial charge in [0.2, 0.25) is 0 Å². The number of pyridine rings is 1. The molecule has 1 saturated heterocycles. The lowest BCUT2D eigenvalue weighted by molar-refractivity contribution is 0.0179. The largest absolute Gasteiger partial charge is 0.379 e. The Balaban J connectivity index is 0.00000320. The Bertz CT molecular complexity index is 765. The topological polar surface area (TPSA) is 61.8 Å². The Morgan fingerprint density at radius 2 is 2.00 bits per heavy atom. The lowest BCUT2D eigenvalue weighted by atomic mass is 10.0. The maximum atomic E-state index is 5.56. The molecular formula is C23H34IN5O. The van der Waals surface area contributed by atoms with E-state index in [-0.39, 0.29) is 30.0 Å². The molecule has 1 atom stereocenters.